The summed E-state index contributed by atoms with van der Waals surface area (Å²) in [5.74, 6) is -2.25. The number of hydrogen-bond acceptors (Lipinski definition) is 6. The van der Waals surface area contributed by atoms with Crippen molar-refractivity contribution in [2.24, 2.45) is 11.8 Å². The van der Waals surface area contributed by atoms with E-state index < -0.39 is 18.0 Å². The molecule has 4 aromatic rings. The molecule has 2 aliphatic rings. The molecule has 3 aromatic heterocycles. The maximum absolute atomic E-state index is 12.7. The Labute approximate surface area is 237 Å². The van der Waals surface area contributed by atoms with E-state index in [1.54, 1.807) is 31.2 Å². The molecule has 1 fully saturated rings. The van der Waals surface area contributed by atoms with E-state index in [0.29, 0.717) is 18.7 Å². The molecule has 0 radical (unpaired) electrons. The van der Waals surface area contributed by atoms with Crippen LogP contribution in [-0.2, 0) is 22.7 Å². The molecule has 1 amide bonds. The lowest BCUT2D eigenvalue weighted by atomic mass is 9.77. The average Bonchev–Trinajstić information content (AvgIpc) is 3.52. The van der Waals surface area contributed by atoms with Gasteiger partial charge in [-0.1, -0.05) is 48.2 Å². The van der Waals surface area contributed by atoms with E-state index in [9.17, 15) is 24.6 Å². The minimum absolute atomic E-state index is 0.0275. The van der Waals surface area contributed by atoms with Crippen LogP contribution in [0.5, 0.6) is 0 Å². The van der Waals surface area contributed by atoms with Gasteiger partial charge in [-0.3, -0.25) is 4.79 Å². The Morgan fingerprint density at radius 1 is 1.23 bits per heavy atom. The third kappa shape index (κ3) is 4.27. The molecule has 3 N–H and O–H groups in total. The maximum Gasteiger partial charge on any atom is 0.352 e. The van der Waals surface area contributed by atoms with Crippen molar-refractivity contribution < 1.29 is 28.9 Å². The molecule has 0 aliphatic carbocycles. The van der Waals surface area contributed by atoms with Gasteiger partial charge in [0.2, 0.25) is 22.1 Å². The Hall–Kier alpha value is -3.74. The zero-order valence-corrected chi connectivity index (χ0v) is 23.8. The van der Waals surface area contributed by atoms with Gasteiger partial charge in [-0.25, -0.2) is 23.7 Å². The number of nitrogens with one attached hydrogen (secondary N) is 1. The van der Waals surface area contributed by atoms with Crippen molar-refractivity contribution in [1.82, 2.24) is 14.3 Å². The van der Waals surface area contributed by atoms with Crippen molar-refractivity contribution in [2.75, 3.05) is 6.26 Å². The van der Waals surface area contributed by atoms with Gasteiger partial charge in [-0.05, 0) is 30.4 Å². The van der Waals surface area contributed by atoms with Crippen LogP contribution in [-0.4, -0.2) is 54.8 Å². The molecule has 40 heavy (non-hydrogen) atoms. The zero-order chi connectivity index (χ0) is 28.3. The SMILES string of the molecule is CSc1c2sc(C3=C(C(=O)O)N4C(=O)[C@H]([C@@H](C)O)[C@@H]4[C@H]3C)cn2c[n+]1Cc1cccc(C[n+]2ccc(=O)[nH]c2)c1. The van der Waals surface area contributed by atoms with E-state index in [1.165, 1.54) is 22.3 Å². The van der Waals surface area contributed by atoms with E-state index >= 15 is 0 Å². The molecule has 6 rings (SSSR count). The van der Waals surface area contributed by atoms with Gasteiger partial charge in [0.05, 0.1) is 35.2 Å². The lowest BCUT2D eigenvalue weighted by Crippen LogP contribution is -2.63. The predicted molar refractivity (Wildman–Crippen MR) is 149 cm³/mol. The van der Waals surface area contributed by atoms with Crippen LogP contribution >= 0.6 is 23.1 Å². The van der Waals surface area contributed by atoms with Crippen molar-refractivity contribution in [3.8, 4) is 0 Å². The van der Waals surface area contributed by atoms with Crippen LogP contribution in [0, 0.1) is 11.8 Å². The fourth-order valence-corrected chi connectivity index (χ4v) is 8.18. The van der Waals surface area contributed by atoms with Gasteiger partial charge in [-0.15, -0.1) is 0 Å². The number of aliphatic hydroxyl groups excluding tert-OH is 1. The van der Waals surface area contributed by atoms with Crippen molar-refractivity contribution in [3.63, 3.8) is 0 Å². The monoisotopic (exact) mass is 579 g/mol. The van der Waals surface area contributed by atoms with E-state index in [2.05, 4.69) is 27.8 Å². The second kappa shape index (κ2) is 10.0. The molecule has 0 spiro atoms. The number of carbonyl (C=O) groups excluding carboxylic acids is 1. The number of fused-ring (bicyclic) bond motifs is 2. The highest BCUT2D eigenvalue weighted by molar-refractivity contribution is 7.98. The Balaban J connectivity index is 1.31. The van der Waals surface area contributed by atoms with Crippen LogP contribution in [0.2, 0.25) is 0 Å². The van der Waals surface area contributed by atoms with Crippen molar-refractivity contribution in [2.45, 2.75) is 44.1 Å². The van der Waals surface area contributed by atoms with Gasteiger partial charge in [0.1, 0.15) is 25.0 Å². The molecule has 1 saturated heterocycles. The van der Waals surface area contributed by atoms with Crippen LogP contribution in [0.3, 0.4) is 0 Å². The number of imidazole rings is 1. The molecule has 12 heteroatoms. The maximum atomic E-state index is 12.7. The second-order valence-corrected chi connectivity index (χ2v) is 12.2. The lowest BCUT2D eigenvalue weighted by Gasteiger charge is -2.46. The van der Waals surface area contributed by atoms with Crippen LogP contribution < -0.4 is 14.7 Å². The number of benzene rings is 1. The summed E-state index contributed by atoms with van der Waals surface area (Å²) in [6.45, 7) is 4.81. The summed E-state index contributed by atoms with van der Waals surface area (Å²) >= 11 is 3.14. The normalized spacial score (nSPS) is 21.1. The van der Waals surface area contributed by atoms with Gasteiger partial charge in [-0.2, -0.15) is 4.40 Å². The first-order chi connectivity index (χ1) is 19.2. The second-order valence-electron chi connectivity index (χ2n) is 10.3. The number of aromatic nitrogens is 4. The molecular formula is C28H29N5O5S2+2. The van der Waals surface area contributed by atoms with Crippen LogP contribution in [0.25, 0.3) is 10.4 Å². The van der Waals surface area contributed by atoms with Crippen LogP contribution in [0.1, 0.15) is 29.9 Å². The van der Waals surface area contributed by atoms with Crippen molar-refractivity contribution in [3.05, 3.63) is 87.4 Å². The smallest absolute Gasteiger partial charge is 0.352 e. The molecule has 1 aromatic carbocycles. The minimum atomic E-state index is -1.13. The summed E-state index contributed by atoms with van der Waals surface area (Å²) in [7, 11) is 0. The number of carboxylic acid groups (broad SMARTS) is 1. The molecule has 10 nitrogen and oxygen atoms in total. The zero-order valence-electron chi connectivity index (χ0n) is 22.1. The highest BCUT2D eigenvalue weighted by atomic mass is 32.2. The summed E-state index contributed by atoms with van der Waals surface area (Å²) in [5.41, 5.74) is 2.78. The van der Waals surface area contributed by atoms with Gasteiger partial charge in [0.15, 0.2) is 0 Å². The topological polar surface area (TPSA) is 123 Å². The number of thioether (sulfide) groups is 1. The van der Waals surface area contributed by atoms with E-state index in [4.69, 9.17) is 0 Å². The molecule has 0 saturated carbocycles. The average molecular weight is 580 g/mol. The molecule has 0 unspecified atom stereocenters. The number of aromatic amines is 1. The summed E-state index contributed by atoms with van der Waals surface area (Å²) < 4.78 is 6.12. The summed E-state index contributed by atoms with van der Waals surface area (Å²) in [4.78, 5) is 42.3. The third-order valence-electron chi connectivity index (χ3n) is 7.74. The number of aliphatic carboxylic acids is 1. The molecule has 4 atom stereocenters. The first-order valence-electron chi connectivity index (χ1n) is 12.9. The molecule has 206 valence electrons. The van der Waals surface area contributed by atoms with Gasteiger partial charge in [0.25, 0.3) is 6.33 Å². The number of H-pyrrole nitrogens is 1. The number of hydrogen-bond donors (Lipinski definition) is 3. The fraction of sp³-hybridized carbons (Fsp3) is 0.321. The summed E-state index contributed by atoms with van der Waals surface area (Å²) in [6.07, 6.45) is 8.57. The molecule has 0 bridgehead atoms. The highest BCUT2D eigenvalue weighted by Gasteiger charge is 2.60. The number of nitrogens with zero attached hydrogens (tertiary/aromatic N) is 4. The molecule has 2 aliphatic heterocycles. The predicted octanol–water partition coefficient (Wildman–Crippen LogP) is 1.74. The van der Waals surface area contributed by atoms with E-state index in [0.717, 1.165) is 25.9 Å². The number of carboxylic acids is 1. The number of aliphatic hydroxyl groups is 1. The number of carbonyl (C=O) groups is 2. The van der Waals surface area contributed by atoms with Gasteiger partial charge in [0, 0.05) is 11.5 Å². The molecule has 5 heterocycles. The third-order valence-corrected chi connectivity index (χ3v) is 9.82. The van der Waals surface area contributed by atoms with E-state index in [-0.39, 0.29) is 29.1 Å². The largest absolute Gasteiger partial charge is 0.477 e. The lowest BCUT2D eigenvalue weighted by molar-refractivity contribution is -0.721. The van der Waals surface area contributed by atoms with Crippen molar-refractivity contribution in [1.29, 1.82) is 0 Å². The summed E-state index contributed by atoms with van der Waals surface area (Å²) in [5, 5.41) is 21.3. The first-order valence-corrected chi connectivity index (χ1v) is 14.9. The summed E-state index contributed by atoms with van der Waals surface area (Å²) in [6, 6.07) is 9.47. The Morgan fingerprint density at radius 3 is 2.62 bits per heavy atom. The van der Waals surface area contributed by atoms with Crippen LogP contribution in [0.15, 0.2) is 70.9 Å². The number of rotatable bonds is 8. The Bertz CT molecular complexity index is 1730. The van der Waals surface area contributed by atoms with Crippen LogP contribution in [0.4, 0.5) is 0 Å². The quantitative estimate of drug-likeness (QED) is 0.166. The number of thiazole rings is 1. The van der Waals surface area contributed by atoms with Gasteiger partial charge < -0.3 is 15.1 Å². The fourth-order valence-electron chi connectivity index (χ4n) is 6.00. The van der Waals surface area contributed by atoms with Crippen molar-refractivity contribution >= 4 is 45.4 Å². The van der Waals surface area contributed by atoms with Gasteiger partial charge >= 0.3 is 11.5 Å². The first kappa shape index (κ1) is 26.5. The standard InChI is InChI=1S/C28H27N5O5S2/c1-15-21(24(28(37)38)33-23(15)22(16(2)34)25(33)36)19-12-32-14-31(26(39-3)27(32)40-19)11-18-6-4-5-17(9-18)10-30-8-7-20(35)29-13-30/h4-9,12-16,22-23,34H,10-11H2,1-3H3/p+2/t15-,16+,22+,23-/m0/s1. The number of β-lactam (4-membered cyclic amide) rings is 1. The Morgan fingerprint density at radius 2 is 1.98 bits per heavy atom. The minimum Gasteiger partial charge on any atom is -0.477 e. The van der Waals surface area contributed by atoms with E-state index in [1.807, 2.05) is 40.7 Å². The number of amides is 1. The Kier molecular flexibility index (Phi) is 6.64. The molecular weight excluding hydrogens is 550 g/mol. The highest BCUT2D eigenvalue weighted by Crippen LogP contribution is 2.51.